The van der Waals surface area contributed by atoms with Gasteiger partial charge in [-0.1, -0.05) is 24.3 Å². The SMILES string of the molecule is CN(Cc1ccncc1)C(=O)NC[C@@H]1SCCc2ccccc21. The minimum absolute atomic E-state index is 0.0366. The van der Waals surface area contributed by atoms with Gasteiger partial charge in [0, 0.05) is 37.8 Å². The molecule has 120 valence electrons. The maximum Gasteiger partial charge on any atom is 0.317 e. The van der Waals surface area contributed by atoms with Crippen molar-refractivity contribution in [3.63, 3.8) is 0 Å². The quantitative estimate of drug-likeness (QED) is 0.937. The summed E-state index contributed by atoms with van der Waals surface area (Å²) in [7, 11) is 1.82. The maximum absolute atomic E-state index is 12.3. The van der Waals surface area contributed by atoms with Gasteiger partial charge in [-0.05, 0) is 41.0 Å². The van der Waals surface area contributed by atoms with Crippen LogP contribution in [-0.2, 0) is 13.0 Å². The summed E-state index contributed by atoms with van der Waals surface area (Å²) in [5.41, 5.74) is 3.85. The number of urea groups is 1. The van der Waals surface area contributed by atoms with E-state index in [1.165, 1.54) is 11.1 Å². The Kier molecular flexibility index (Phi) is 5.18. The van der Waals surface area contributed by atoms with Gasteiger partial charge in [0.15, 0.2) is 0 Å². The van der Waals surface area contributed by atoms with E-state index in [4.69, 9.17) is 0 Å². The maximum atomic E-state index is 12.3. The van der Waals surface area contributed by atoms with E-state index >= 15 is 0 Å². The highest BCUT2D eigenvalue weighted by atomic mass is 32.2. The summed E-state index contributed by atoms with van der Waals surface area (Å²) in [4.78, 5) is 18.0. The Morgan fingerprint density at radius 1 is 1.30 bits per heavy atom. The van der Waals surface area contributed by atoms with Crippen LogP contribution < -0.4 is 5.32 Å². The topological polar surface area (TPSA) is 45.2 Å². The van der Waals surface area contributed by atoms with Crippen molar-refractivity contribution in [1.82, 2.24) is 15.2 Å². The van der Waals surface area contributed by atoms with Crippen molar-refractivity contribution < 1.29 is 4.79 Å². The molecule has 1 aliphatic rings. The van der Waals surface area contributed by atoms with Crippen LogP contribution in [0.4, 0.5) is 4.79 Å². The van der Waals surface area contributed by atoms with E-state index in [-0.39, 0.29) is 6.03 Å². The molecule has 1 aromatic carbocycles. The first-order valence-corrected chi connectivity index (χ1v) is 8.86. The van der Waals surface area contributed by atoms with Crippen LogP contribution in [0.25, 0.3) is 0 Å². The molecule has 0 spiro atoms. The van der Waals surface area contributed by atoms with Gasteiger partial charge in [0.25, 0.3) is 0 Å². The molecule has 0 saturated carbocycles. The molecule has 2 heterocycles. The van der Waals surface area contributed by atoms with Gasteiger partial charge in [0.05, 0.1) is 0 Å². The van der Waals surface area contributed by atoms with E-state index in [1.807, 2.05) is 30.9 Å². The standard InChI is InChI=1S/C18H21N3OS/c1-21(13-14-6-9-19-10-7-14)18(22)20-12-17-16-5-3-2-4-15(16)8-11-23-17/h2-7,9-10,17H,8,11-13H2,1H3,(H,20,22)/t17-/m0/s1. The van der Waals surface area contributed by atoms with Gasteiger partial charge < -0.3 is 10.2 Å². The zero-order valence-corrected chi connectivity index (χ0v) is 14.1. The fraction of sp³-hybridized carbons (Fsp3) is 0.333. The molecule has 2 amide bonds. The molecular formula is C18H21N3OS. The van der Waals surface area contributed by atoms with Crippen molar-refractivity contribution in [2.24, 2.45) is 0 Å². The molecule has 23 heavy (non-hydrogen) atoms. The second-order valence-electron chi connectivity index (χ2n) is 5.71. The lowest BCUT2D eigenvalue weighted by molar-refractivity contribution is 0.207. The Hall–Kier alpha value is -2.01. The number of amides is 2. The van der Waals surface area contributed by atoms with Crippen LogP contribution in [0.3, 0.4) is 0 Å². The van der Waals surface area contributed by atoms with Crippen molar-refractivity contribution in [3.05, 3.63) is 65.5 Å². The highest BCUT2D eigenvalue weighted by Crippen LogP contribution is 2.35. The van der Waals surface area contributed by atoms with E-state index in [9.17, 15) is 4.79 Å². The molecule has 1 aromatic heterocycles. The lowest BCUT2D eigenvalue weighted by atomic mass is 10.0. The van der Waals surface area contributed by atoms with Crippen molar-refractivity contribution in [2.75, 3.05) is 19.3 Å². The molecule has 0 unspecified atom stereocenters. The van der Waals surface area contributed by atoms with Crippen molar-refractivity contribution in [3.8, 4) is 0 Å². The van der Waals surface area contributed by atoms with Crippen LogP contribution in [0.5, 0.6) is 0 Å². The van der Waals surface area contributed by atoms with Gasteiger partial charge in [-0.2, -0.15) is 11.8 Å². The van der Waals surface area contributed by atoms with Crippen LogP contribution >= 0.6 is 11.8 Å². The van der Waals surface area contributed by atoms with Crippen LogP contribution in [0.2, 0.25) is 0 Å². The van der Waals surface area contributed by atoms with Gasteiger partial charge in [-0.25, -0.2) is 4.79 Å². The first-order valence-electron chi connectivity index (χ1n) is 7.81. The summed E-state index contributed by atoms with van der Waals surface area (Å²) in [5.74, 6) is 1.12. The van der Waals surface area contributed by atoms with E-state index < -0.39 is 0 Å². The molecule has 2 aromatic rings. The van der Waals surface area contributed by atoms with Crippen LogP contribution in [0.15, 0.2) is 48.8 Å². The highest BCUT2D eigenvalue weighted by molar-refractivity contribution is 7.99. The summed E-state index contributed by atoms with van der Waals surface area (Å²) in [6.45, 7) is 1.25. The fourth-order valence-corrected chi connectivity index (χ4v) is 4.03. The van der Waals surface area contributed by atoms with Gasteiger partial charge >= 0.3 is 6.03 Å². The minimum Gasteiger partial charge on any atom is -0.337 e. The Labute approximate surface area is 141 Å². The average Bonchev–Trinajstić information content (AvgIpc) is 2.60. The lowest BCUT2D eigenvalue weighted by Crippen LogP contribution is -2.38. The number of benzene rings is 1. The Bertz CT molecular complexity index is 662. The minimum atomic E-state index is -0.0366. The highest BCUT2D eigenvalue weighted by Gasteiger charge is 2.21. The third-order valence-corrected chi connectivity index (χ3v) is 5.31. The molecule has 3 rings (SSSR count). The zero-order valence-electron chi connectivity index (χ0n) is 13.2. The molecule has 4 nitrogen and oxygen atoms in total. The molecular weight excluding hydrogens is 306 g/mol. The van der Waals surface area contributed by atoms with E-state index in [1.54, 1.807) is 17.3 Å². The number of thioether (sulfide) groups is 1. The number of carbonyl (C=O) groups is 1. The summed E-state index contributed by atoms with van der Waals surface area (Å²) in [6, 6.07) is 12.4. The number of aryl methyl sites for hydroxylation is 1. The predicted molar refractivity (Wildman–Crippen MR) is 94.4 cm³/mol. The Morgan fingerprint density at radius 2 is 2.09 bits per heavy atom. The number of nitrogens with zero attached hydrogens (tertiary/aromatic N) is 2. The smallest absolute Gasteiger partial charge is 0.317 e. The van der Waals surface area contributed by atoms with Crippen molar-refractivity contribution >= 4 is 17.8 Å². The van der Waals surface area contributed by atoms with E-state index in [2.05, 4.69) is 34.6 Å². The zero-order chi connectivity index (χ0) is 16.1. The largest absolute Gasteiger partial charge is 0.337 e. The van der Waals surface area contributed by atoms with Crippen LogP contribution in [-0.4, -0.2) is 35.3 Å². The van der Waals surface area contributed by atoms with Crippen molar-refractivity contribution in [1.29, 1.82) is 0 Å². The molecule has 0 saturated heterocycles. The van der Waals surface area contributed by atoms with Gasteiger partial charge in [0.1, 0.15) is 0 Å². The summed E-state index contributed by atoms with van der Waals surface area (Å²) < 4.78 is 0. The Morgan fingerprint density at radius 3 is 2.91 bits per heavy atom. The number of nitrogens with one attached hydrogen (secondary N) is 1. The number of rotatable bonds is 4. The number of pyridine rings is 1. The predicted octanol–water partition coefficient (Wildman–Crippen LogP) is 3.25. The van der Waals surface area contributed by atoms with Gasteiger partial charge in [-0.3, -0.25) is 4.98 Å². The van der Waals surface area contributed by atoms with Crippen molar-refractivity contribution in [2.45, 2.75) is 18.2 Å². The second kappa shape index (κ2) is 7.51. The molecule has 1 aliphatic heterocycles. The number of hydrogen-bond acceptors (Lipinski definition) is 3. The third kappa shape index (κ3) is 4.05. The molecule has 0 radical (unpaired) electrons. The van der Waals surface area contributed by atoms with Crippen LogP contribution in [0, 0.1) is 0 Å². The monoisotopic (exact) mass is 327 g/mol. The molecule has 5 heteroatoms. The van der Waals surface area contributed by atoms with Crippen LogP contribution in [0.1, 0.15) is 21.9 Å². The summed E-state index contributed by atoms with van der Waals surface area (Å²) in [6.07, 6.45) is 4.61. The van der Waals surface area contributed by atoms with Gasteiger partial charge in [-0.15, -0.1) is 0 Å². The first-order chi connectivity index (χ1) is 11.2. The normalized spacial score (nSPS) is 16.5. The number of fused-ring (bicyclic) bond motifs is 1. The summed E-state index contributed by atoms with van der Waals surface area (Å²) >= 11 is 1.92. The summed E-state index contributed by atoms with van der Waals surface area (Å²) in [5, 5.41) is 3.41. The molecule has 0 bridgehead atoms. The molecule has 0 aliphatic carbocycles. The van der Waals surface area contributed by atoms with Gasteiger partial charge in [0.2, 0.25) is 0 Å². The van der Waals surface area contributed by atoms with E-state index in [0.717, 1.165) is 17.7 Å². The molecule has 1 atom stereocenters. The third-order valence-electron chi connectivity index (χ3n) is 4.05. The number of aromatic nitrogens is 1. The number of hydrogen-bond donors (Lipinski definition) is 1. The fourth-order valence-electron chi connectivity index (χ4n) is 2.79. The molecule has 1 N–H and O–H groups in total. The lowest BCUT2D eigenvalue weighted by Gasteiger charge is -2.26. The Balaban J connectivity index is 1.55. The number of carbonyl (C=O) groups excluding carboxylic acids is 1. The molecule has 0 fully saturated rings. The average molecular weight is 327 g/mol. The first kappa shape index (κ1) is 15.9. The van der Waals surface area contributed by atoms with E-state index in [0.29, 0.717) is 18.3 Å². The second-order valence-corrected chi connectivity index (χ2v) is 7.02.